The Morgan fingerprint density at radius 1 is 1.33 bits per heavy atom. The summed E-state index contributed by atoms with van der Waals surface area (Å²) in [5, 5.41) is 0. The first-order valence-electron chi connectivity index (χ1n) is 6.24. The Balaban J connectivity index is 1.99. The predicted molar refractivity (Wildman–Crippen MR) is 75.6 cm³/mol. The van der Waals surface area contributed by atoms with Crippen molar-refractivity contribution in [3.8, 4) is 0 Å². The Labute approximate surface area is 114 Å². The van der Waals surface area contributed by atoms with Crippen molar-refractivity contribution in [2.45, 2.75) is 25.7 Å². The van der Waals surface area contributed by atoms with Crippen molar-refractivity contribution in [2.75, 3.05) is 16.4 Å². The zero-order valence-corrected chi connectivity index (χ0v) is 11.8. The summed E-state index contributed by atoms with van der Waals surface area (Å²) >= 11 is 5.65. The van der Waals surface area contributed by atoms with Gasteiger partial charge in [-0.15, -0.1) is 11.6 Å². The molecule has 1 fully saturated rings. The molecular weight excluding hydrogens is 270 g/mol. The Hall–Kier alpha value is -0.740. The molecule has 0 bridgehead atoms. The average Bonchev–Trinajstić information content (AvgIpc) is 3.09. The van der Waals surface area contributed by atoms with Crippen LogP contribution in [0, 0.1) is 5.92 Å². The molecule has 100 valence electrons. The lowest BCUT2D eigenvalue weighted by molar-refractivity contribution is 0.597. The van der Waals surface area contributed by atoms with Crippen LogP contribution in [-0.2, 0) is 16.4 Å². The Kier molecular flexibility index (Phi) is 4.51. The summed E-state index contributed by atoms with van der Waals surface area (Å²) in [4.78, 5) is 0. The van der Waals surface area contributed by atoms with Gasteiger partial charge in [-0.05, 0) is 49.3 Å². The SMILES string of the molecule is O=S(=O)(CC1CC1)Nc1cccc(CCCCl)c1. The molecule has 1 aliphatic carbocycles. The summed E-state index contributed by atoms with van der Waals surface area (Å²) in [6.07, 6.45) is 3.86. The van der Waals surface area contributed by atoms with Gasteiger partial charge in [0.25, 0.3) is 0 Å². The molecular formula is C13H18ClNO2S. The summed E-state index contributed by atoms with van der Waals surface area (Å²) in [5.41, 5.74) is 1.77. The van der Waals surface area contributed by atoms with Crippen LogP contribution in [0.15, 0.2) is 24.3 Å². The molecule has 5 heteroatoms. The van der Waals surface area contributed by atoms with Gasteiger partial charge in [-0.3, -0.25) is 4.72 Å². The number of nitrogens with one attached hydrogen (secondary N) is 1. The molecule has 0 spiro atoms. The summed E-state index contributed by atoms with van der Waals surface area (Å²) in [6.45, 7) is 0. The minimum atomic E-state index is -3.18. The molecule has 3 nitrogen and oxygen atoms in total. The van der Waals surface area contributed by atoms with E-state index in [0.29, 0.717) is 17.5 Å². The molecule has 1 aromatic carbocycles. The summed E-state index contributed by atoms with van der Waals surface area (Å²) in [5.74, 6) is 1.23. The fourth-order valence-corrected chi connectivity index (χ4v) is 3.53. The van der Waals surface area contributed by atoms with E-state index in [9.17, 15) is 8.42 Å². The van der Waals surface area contributed by atoms with Crippen LogP contribution in [0.5, 0.6) is 0 Å². The molecule has 1 aromatic rings. The smallest absolute Gasteiger partial charge is 0.232 e. The topological polar surface area (TPSA) is 46.2 Å². The molecule has 0 aromatic heterocycles. The van der Waals surface area contributed by atoms with Crippen molar-refractivity contribution in [2.24, 2.45) is 5.92 Å². The summed E-state index contributed by atoms with van der Waals surface area (Å²) in [6, 6.07) is 7.54. The maximum absolute atomic E-state index is 11.8. The monoisotopic (exact) mass is 287 g/mol. The molecule has 0 atom stereocenters. The highest BCUT2D eigenvalue weighted by atomic mass is 35.5. The molecule has 1 N–H and O–H groups in total. The molecule has 2 rings (SSSR count). The molecule has 0 radical (unpaired) electrons. The molecule has 0 amide bonds. The number of aryl methyl sites for hydroxylation is 1. The van der Waals surface area contributed by atoms with E-state index >= 15 is 0 Å². The van der Waals surface area contributed by atoms with E-state index in [4.69, 9.17) is 11.6 Å². The van der Waals surface area contributed by atoms with Crippen LogP contribution in [0.4, 0.5) is 5.69 Å². The molecule has 1 saturated carbocycles. The zero-order chi connectivity index (χ0) is 13.0. The Bertz CT molecular complexity index is 497. The van der Waals surface area contributed by atoms with Crippen LogP contribution >= 0.6 is 11.6 Å². The number of halogens is 1. The van der Waals surface area contributed by atoms with E-state index in [-0.39, 0.29) is 5.75 Å². The van der Waals surface area contributed by atoms with Crippen LogP contribution < -0.4 is 4.72 Å². The van der Waals surface area contributed by atoms with Gasteiger partial charge < -0.3 is 0 Å². The zero-order valence-electron chi connectivity index (χ0n) is 10.2. The maximum Gasteiger partial charge on any atom is 0.232 e. The number of anilines is 1. The number of alkyl halides is 1. The molecule has 0 unspecified atom stereocenters. The van der Waals surface area contributed by atoms with Crippen LogP contribution in [0.3, 0.4) is 0 Å². The summed E-state index contributed by atoms with van der Waals surface area (Å²) < 4.78 is 26.3. The van der Waals surface area contributed by atoms with Gasteiger partial charge >= 0.3 is 0 Å². The predicted octanol–water partition coefficient (Wildman–Crippen LogP) is 3.01. The van der Waals surface area contributed by atoms with Crippen LogP contribution in [-0.4, -0.2) is 20.1 Å². The van der Waals surface area contributed by atoms with Crippen molar-refractivity contribution in [1.29, 1.82) is 0 Å². The Morgan fingerprint density at radius 2 is 2.11 bits per heavy atom. The van der Waals surface area contributed by atoms with Gasteiger partial charge in [-0.1, -0.05) is 12.1 Å². The number of hydrogen-bond acceptors (Lipinski definition) is 2. The van der Waals surface area contributed by atoms with E-state index < -0.39 is 10.0 Å². The Morgan fingerprint density at radius 3 is 2.78 bits per heavy atom. The van der Waals surface area contributed by atoms with E-state index in [1.807, 2.05) is 18.2 Å². The molecule has 1 aliphatic rings. The molecule has 0 aliphatic heterocycles. The van der Waals surface area contributed by atoms with Crippen molar-refractivity contribution >= 4 is 27.3 Å². The highest BCUT2D eigenvalue weighted by Gasteiger charge is 2.27. The lowest BCUT2D eigenvalue weighted by Gasteiger charge is -2.08. The van der Waals surface area contributed by atoms with Gasteiger partial charge in [0.2, 0.25) is 10.0 Å². The maximum atomic E-state index is 11.8. The average molecular weight is 288 g/mol. The molecule has 0 saturated heterocycles. The van der Waals surface area contributed by atoms with Crippen molar-refractivity contribution in [1.82, 2.24) is 0 Å². The second kappa shape index (κ2) is 5.93. The van der Waals surface area contributed by atoms with Gasteiger partial charge in [0.1, 0.15) is 0 Å². The first-order chi connectivity index (χ1) is 8.59. The second-order valence-electron chi connectivity index (χ2n) is 4.82. The highest BCUT2D eigenvalue weighted by Crippen LogP contribution is 2.30. The lowest BCUT2D eigenvalue weighted by atomic mass is 10.1. The van der Waals surface area contributed by atoms with Crippen molar-refractivity contribution in [3.63, 3.8) is 0 Å². The quantitative estimate of drug-likeness (QED) is 0.784. The highest BCUT2D eigenvalue weighted by molar-refractivity contribution is 7.92. The van der Waals surface area contributed by atoms with Crippen molar-refractivity contribution in [3.05, 3.63) is 29.8 Å². The van der Waals surface area contributed by atoms with Crippen molar-refractivity contribution < 1.29 is 8.42 Å². The van der Waals surface area contributed by atoms with Crippen LogP contribution in [0.25, 0.3) is 0 Å². The fourth-order valence-electron chi connectivity index (χ4n) is 1.88. The third kappa shape index (κ3) is 4.50. The molecule has 0 heterocycles. The second-order valence-corrected chi connectivity index (χ2v) is 6.96. The minimum absolute atomic E-state index is 0.249. The number of sulfonamides is 1. The fraction of sp³-hybridized carbons (Fsp3) is 0.538. The standard InChI is InChI=1S/C13H18ClNO2S/c14-8-2-4-11-3-1-5-13(9-11)15-18(16,17)10-12-6-7-12/h1,3,5,9,12,15H,2,4,6-8,10H2. The van der Waals surface area contributed by atoms with E-state index in [1.54, 1.807) is 6.07 Å². The minimum Gasteiger partial charge on any atom is -0.284 e. The number of hydrogen-bond donors (Lipinski definition) is 1. The van der Waals surface area contributed by atoms with E-state index in [2.05, 4.69) is 4.72 Å². The van der Waals surface area contributed by atoms with Gasteiger partial charge in [0.15, 0.2) is 0 Å². The van der Waals surface area contributed by atoms with Crippen LogP contribution in [0.1, 0.15) is 24.8 Å². The van der Waals surface area contributed by atoms with Gasteiger partial charge in [-0.25, -0.2) is 8.42 Å². The van der Waals surface area contributed by atoms with Gasteiger partial charge in [0.05, 0.1) is 5.75 Å². The number of benzene rings is 1. The molecule has 18 heavy (non-hydrogen) atoms. The lowest BCUT2D eigenvalue weighted by Crippen LogP contribution is -2.17. The largest absolute Gasteiger partial charge is 0.284 e. The summed E-state index contributed by atoms with van der Waals surface area (Å²) in [7, 11) is -3.18. The van der Waals surface area contributed by atoms with E-state index in [1.165, 1.54) is 0 Å². The number of rotatable bonds is 7. The first-order valence-corrected chi connectivity index (χ1v) is 8.43. The first kappa shape index (κ1) is 13.7. The van der Waals surface area contributed by atoms with Gasteiger partial charge in [-0.2, -0.15) is 0 Å². The normalized spacial score (nSPS) is 15.6. The van der Waals surface area contributed by atoms with E-state index in [0.717, 1.165) is 31.2 Å². The van der Waals surface area contributed by atoms with Gasteiger partial charge in [0, 0.05) is 11.6 Å². The van der Waals surface area contributed by atoms with Crippen LogP contribution in [0.2, 0.25) is 0 Å². The third-order valence-electron chi connectivity index (χ3n) is 2.95. The third-order valence-corrected chi connectivity index (χ3v) is 4.68.